The van der Waals surface area contributed by atoms with Crippen molar-refractivity contribution in [1.82, 2.24) is 0 Å². The lowest BCUT2D eigenvalue weighted by atomic mass is 10.1. The maximum atomic E-state index is 12.5. The molecule has 4 aromatic carbocycles. The molecule has 4 heteroatoms. The van der Waals surface area contributed by atoms with Crippen LogP contribution in [0.1, 0.15) is 15.9 Å². The summed E-state index contributed by atoms with van der Waals surface area (Å²) in [5.41, 5.74) is 2.06. The number of hydrogen-bond acceptors (Lipinski definition) is 2. The number of para-hydroxylation sites is 1. The number of halogens is 1. The van der Waals surface area contributed by atoms with Crippen molar-refractivity contribution < 1.29 is 9.53 Å². The monoisotopic (exact) mass is 387 g/mol. The fourth-order valence-corrected chi connectivity index (χ4v) is 3.17. The first-order chi connectivity index (χ1) is 13.7. The summed E-state index contributed by atoms with van der Waals surface area (Å²) in [6, 6.07) is 28.7. The van der Waals surface area contributed by atoms with E-state index in [9.17, 15) is 4.79 Å². The standard InChI is InChI=1S/C24H18ClNO2/c25-22-10-3-4-11-23(22)26-24(27)20-9-5-6-17(14-20)16-28-21-13-12-18-7-1-2-8-19(18)15-21/h1-15H,16H2,(H,26,27). The number of rotatable bonds is 5. The number of amides is 1. The highest BCUT2D eigenvalue weighted by molar-refractivity contribution is 6.33. The van der Waals surface area contributed by atoms with Gasteiger partial charge in [-0.2, -0.15) is 0 Å². The zero-order chi connectivity index (χ0) is 19.3. The van der Waals surface area contributed by atoms with Gasteiger partial charge in [-0.3, -0.25) is 4.79 Å². The van der Waals surface area contributed by atoms with Crippen molar-refractivity contribution in [2.75, 3.05) is 5.32 Å². The average Bonchev–Trinajstić information content (AvgIpc) is 2.74. The fraction of sp³-hybridized carbons (Fsp3) is 0.0417. The van der Waals surface area contributed by atoms with Crippen LogP contribution >= 0.6 is 11.6 Å². The van der Waals surface area contributed by atoms with Crippen molar-refractivity contribution >= 4 is 34.0 Å². The van der Waals surface area contributed by atoms with Crippen LogP contribution in [-0.4, -0.2) is 5.91 Å². The Kier molecular flexibility index (Phi) is 5.27. The molecule has 0 bridgehead atoms. The minimum Gasteiger partial charge on any atom is -0.489 e. The van der Waals surface area contributed by atoms with Crippen LogP contribution < -0.4 is 10.1 Å². The van der Waals surface area contributed by atoms with E-state index in [1.807, 2.05) is 60.7 Å². The lowest BCUT2D eigenvalue weighted by Crippen LogP contribution is -2.12. The number of carbonyl (C=O) groups is 1. The Bertz CT molecular complexity index is 1140. The highest BCUT2D eigenvalue weighted by Crippen LogP contribution is 2.23. The molecule has 0 aliphatic carbocycles. The van der Waals surface area contributed by atoms with Crippen LogP contribution in [0.15, 0.2) is 91.0 Å². The van der Waals surface area contributed by atoms with Crippen molar-refractivity contribution in [3.05, 3.63) is 107 Å². The molecule has 28 heavy (non-hydrogen) atoms. The van der Waals surface area contributed by atoms with E-state index < -0.39 is 0 Å². The first-order valence-electron chi connectivity index (χ1n) is 8.95. The van der Waals surface area contributed by atoms with Crippen LogP contribution in [0.25, 0.3) is 10.8 Å². The first-order valence-corrected chi connectivity index (χ1v) is 9.33. The summed E-state index contributed by atoms with van der Waals surface area (Å²) < 4.78 is 5.92. The maximum Gasteiger partial charge on any atom is 0.255 e. The molecule has 0 aliphatic heterocycles. The first kappa shape index (κ1) is 18.1. The van der Waals surface area contributed by atoms with E-state index in [2.05, 4.69) is 17.4 Å². The second-order valence-corrected chi connectivity index (χ2v) is 6.84. The van der Waals surface area contributed by atoms with Gasteiger partial charge in [0.05, 0.1) is 10.7 Å². The Balaban J connectivity index is 1.45. The van der Waals surface area contributed by atoms with Gasteiger partial charge in [-0.1, -0.05) is 66.2 Å². The number of carbonyl (C=O) groups excluding carboxylic acids is 1. The van der Waals surface area contributed by atoms with Gasteiger partial charge >= 0.3 is 0 Å². The smallest absolute Gasteiger partial charge is 0.255 e. The molecular formula is C24H18ClNO2. The molecule has 1 N–H and O–H groups in total. The van der Waals surface area contributed by atoms with Crippen molar-refractivity contribution in [3.63, 3.8) is 0 Å². The van der Waals surface area contributed by atoms with Crippen LogP contribution in [0.2, 0.25) is 5.02 Å². The number of fused-ring (bicyclic) bond motifs is 1. The van der Waals surface area contributed by atoms with Gasteiger partial charge in [0, 0.05) is 5.56 Å². The van der Waals surface area contributed by atoms with E-state index in [-0.39, 0.29) is 5.91 Å². The Hall–Kier alpha value is -3.30. The highest BCUT2D eigenvalue weighted by Gasteiger charge is 2.09. The normalized spacial score (nSPS) is 10.6. The van der Waals surface area contributed by atoms with Crippen molar-refractivity contribution in [1.29, 1.82) is 0 Å². The van der Waals surface area contributed by atoms with Crippen molar-refractivity contribution in [3.8, 4) is 5.75 Å². The highest BCUT2D eigenvalue weighted by atomic mass is 35.5. The number of nitrogens with one attached hydrogen (secondary N) is 1. The number of anilines is 1. The molecule has 0 spiro atoms. The minimum absolute atomic E-state index is 0.208. The van der Waals surface area contributed by atoms with E-state index in [1.165, 1.54) is 5.39 Å². The molecule has 4 aromatic rings. The summed E-state index contributed by atoms with van der Waals surface area (Å²) >= 11 is 6.11. The van der Waals surface area contributed by atoms with E-state index >= 15 is 0 Å². The van der Waals surface area contributed by atoms with Crippen LogP contribution in [0.4, 0.5) is 5.69 Å². The molecule has 0 saturated heterocycles. The number of benzene rings is 4. The predicted octanol–water partition coefficient (Wildman–Crippen LogP) is 6.32. The molecule has 138 valence electrons. The molecule has 1 amide bonds. The molecule has 0 saturated carbocycles. The third-order valence-electron chi connectivity index (χ3n) is 4.44. The molecule has 0 aliphatic rings. The molecule has 0 heterocycles. The number of hydrogen-bond donors (Lipinski definition) is 1. The second-order valence-electron chi connectivity index (χ2n) is 6.43. The van der Waals surface area contributed by atoms with Crippen LogP contribution in [0.5, 0.6) is 5.75 Å². The molecular weight excluding hydrogens is 370 g/mol. The molecule has 0 fully saturated rings. The van der Waals surface area contributed by atoms with Gasteiger partial charge in [-0.05, 0) is 52.7 Å². The Labute approximate surface area is 168 Å². The van der Waals surface area contributed by atoms with Gasteiger partial charge in [0.1, 0.15) is 12.4 Å². The summed E-state index contributed by atoms with van der Waals surface area (Å²) in [5, 5.41) is 5.65. The van der Waals surface area contributed by atoms with Crippen LogP contribution in [0, 0.1) is 0 Å². The molecule has 0 unspecified atom stereocenters. The lowest BCUT2D eigenvalue weighted by molar-refractivity contribution is 0.102. The molecule has 4 rings (SSSR count). The van der Waals surface area contributed by atoms with Gasteiger partial charge in [-0.15, -0.1) is 0 Å². The Morgan fingerprint density at radius 2 is 1.61 bits per heavy atom. The second kappa shape index (κ2) is 8.15. The SMILES string of the molecule is O=C(Nc1ccccc1Cl)c1cccc(COc2ccc3ccccc3c2)c1. The zero-order valence-electron chi connectivity index (χ0n) is 15.1. The van der Waals surface area contributed by atoms with Gasteiger partial charge in [0.25, 0.3) is 5.91 Å². The summed E-state index contributed by atoms with van der Waals surface area (Å²) in [6.45, 7) is 0.381. The van der Waals surface area contributed by atoms with Crippen molar-refractivity contribution in [2.45, 2.75) is 6.61 Å². The van der Waals surface area contributed by atoms with Crippen molar-refractivity contribution in [2.24, 2.45) is 0 Å². The largest absolute Gasteiger partial charge is 0.489 e. The van der Waals surface area contributed by atoms with Gasteiger partial charge < -0.3 is 10.1 Å². The summed E-state index contributed by atoms with van der Waals surface area (Å²) in [4.78, 5) is 12.5. The fourth-order valence-electron chi connectivity index (χ4n) is 2.98. The summed E-state index contributed by atoms with van der Waals surface area (Å²) in [5.74, 6) is 0.588. The quantitative estimate of drug-likeness (QED) is 0.435. The summed E-state index contributed by atoms with van der Waals surface area (Å²) in [7, 11) is 0. The van der Waals surface area contributed by atoms with Crippen LogP contribution in [0.3, 0.4) is 0 Å². The Morgan fingerprint density at radius 3 is 2.46 bits per heavy atom. The molecule has 0 atom stereocenters. The zero-order valence-corrected chi connectivity index (χ0v) is 15.8. The van der Waals surface area contributed by atoms with E-state index in [0.717, 1.165) is 16.7 Å². The minimum atomic E-state index is -0.208. The van der Waals surface area contributed by atoms with E-state index in [1.54, 1.807) is 18.2 Å². The lowest BCUT2D eigenvalue weighted by Gasteiger charge is -2.10. The van der Waals surface area contributed by atoms with Gasteiger partial charge in [-0.25, -0.2) is 0 Å². The van der Waals surface area contributed by atoms with E-state index in [0.29, 0.717) is 22.9 Å². The number of ether oxygens (including phenoxy) is 1. The van der Waals surface area contributed by atoms with Gasteiger partial charge in [0.2, 0.25) is 0 Å². The maximum absolute atomic E-state index is 12.5. The predicted molar refractivity (Wildman–Crippen MR) is 114 cm³/mol. The third kappa shape index (κ3) is 4.16. The Morgan fingerprint density at radius 1 is 0.821 bits per heavy atom. The topological polar surface area (TPSA) is 38.3 Å². The molecule has 0 radical (unpaired) electrons. The molecule has 0 aromatic heterocycles. The molecule has 3 nitrogen and oxygen atoms in total. The van der Waals surface area contributed by atoms with Crippen LogP contribution in [-0.2, 0) is 6.61 Å². The average molecular weight is 388 g/mol. The van der Waals surface area contributed by atoms with Gasteiger partial charge in [0.15, 0.2) is 0 Å². The summed E-state index contributed by atoms with van der Waals surface area (Å²) in [6.07, 6.45) is 0. The van der Waals surface area contributed by atoms with E-state index in [4.69, 9.17) is 16.3 Å². The third-order valence-corrected chi connectivity index (χ3v) is 4.77.